The van der Waals surface area contributed by atoms with Crippen molar-refractivity contribution >= 4 is 17.7 Å². The molecule has 3 heteroatoms. The Balaban J connectivity index is 1.95. The Kier molecular flexibility index (Phi) is 4.80. The second-order valence-electron chi connectivity index (χ2n) is 8.22. The first kappa shape index (κ1) is 18.8. The van der Waals surface area contributed by atoms with Gasteiger partial charge in [0.1, 0.15) is 0 Å². The normalized spacial score (nSPS) is 14.7. The van der Waals surface area contributed by atoms with Gasteiger partial charge < -0.3 is 4.74 Å². The maximum atomic E-state index is 13.1. The van der Waals surface area contributed by atoms with Gasteiger partial charge in [-0.3, -0.25) is 4.79 Å². The molecule has 0 fully saturated rings. The third-order valence-electron chi connectivity index (χ3n) is 5.04. The van der Waals surface area contributed by atoms with E-state index >= 15 is 0 Å². The lowest BCUT2D eigenvalue weighted by molar-refractivity contribution is -0.167. The highest BCUT2D eigenvalue weighted by Gasteiger charge is 2.46. The number of hydrogen-bond donors (Lipinski definition) is 0. The predicted molar refractivity (Wildman–Crippen MR) is 113 cm³/mol. The summed E-state index contributed by atoms with van der Waals surface area (Å²) in [6, 6.07) is 26.8. The average molecular weight is 389 g/mol. The topological polar surface area (TPSA) is 26.3 Å². The molecule has 4 rings (SSSR count). The first-order chi connectivity index (χ1) is 13.4. The van der Waals surface area contributed by atoms with Crippen molar-refractivity contribution < 1.29 is 9.53 Å². The van der Waals surface area contributed by atoms with Crippen molar-refractivity contribution in [2.45, 2.75) is 42.6 Å². The summed E-state index contributed by atoms with van der Waals surface area (Å²) in [6.07, 6.45) is 0.601. The van der Waals surface area contributed by atoms with Crippen molar-refractivity contribution in [1.29, 1.82) is 0 Å². The van der Waals surface area contributed by atoms with Gasteiger partial charge >= 0.3 is 5.97 Å². The smallest absolute Gasteiger partial charge is 0.312 e. The molecule has 0 saturated carbocycles. The van der Waals surface area contributed by atoms with E-state index in [-0.39, 0.29) is 5.97 Å². The van der Waals surface area contributed by atoms with Crippen LogP contribution in [-0.2, 0) is 21.6 Å². The number of carbonyl (C=O) groups is 1. The Morgan fingerprint density at radius 2 is 1.32 bits per heavy atom. The average Bonchev–Trinajstić information content (AvgIpc) is 2.68. The predicted octanol–water partition coefficient (Wildman–Crippen LogP) is 6.23. The van der Waals surface area contributed by atoms with Crippen molar-refractivity contribution in [3.63, 3.8) is 0 Å². The lowest BCUT2D eigenvalue weighted by Gasteiger charge is -2.41. The van der Waals surface area contributed by atoms with Gasteiger partial charge in [-0.05, 0) is 38.5 Å². The second-order valence-corrected chi connectivity index (χ2v) is 9.31. The number of benzene rings is 3. The van der Waals surface area contributed by atoms with E-state index in [2.05, 4.69) is 36.4 Å². The highest BCUT2D eigenvalue weighted by Crippen LogP contribution is 2.51. The van der Waals surface area contributed by atoms with Crippen LogP contribution in [0.15, 0.2) is 88.7 Å². The molecule has 2 nitrogen and oxygen atoms in total. The van der Waals surface area contributed by atoms with Crippen LogP contribution in [0.3, 0.4) is 0 Å². The fourth-order valence-electron chi connectivity index (χ4n) is 3.57. The fraction of sp³-hybridized carbons (Fsp3) is 0.240. The van der Waals surface area contributed by atoms with Gasteiger partial charge in [0.2, 0.25) is 0 Å². The summed E-state index contributed by atoms with van der Waals surface area (Å²) in [5, 5.41) is 0. The Hall–Kier alpha value is -2.52. The minimum absolute atomic E-state index is 0.195. The molecule has 28 heavy (non-hydrogen) atoms. The summed E-state index contributed by atoms with van der Waals surface area (Å²) in [7, 11) is 0. The molecule has 0 atom stereocenters. The molecule has 3 aromatic rings. The maximum Gasteiger partial charge on any atom is 0.312 e. The summed E-state index contributed by atoms with van der Waals surface area (Å²) in [5.74, 6) is -0.195. The number of rotatable bonds is 3. The summed E-state index contributed by atoms with van der Waals surface area (Å²) < 4.78 is 6.45. The molecular weight excluding hydrogens is 364 g/mol. The van der Waals surface area contributed by atoms with Gasteiger partial charge in [-0.1, -0.05) is 78.5 Å². The zero-order valence-corrected chi connectivity index (χ0v) is 17.3. The van der Waals surface area contributed by atoms with Crippen LogP contribution in [0, 0.1) is 5.41 Å². The molecule has 0 saturated heterocycles. The number of hydrogen-bond acceptors (Lipinski definition) is 3. The molecule has 0 amide bonds. The number of ether oxygens (including phenoxy) is 1. The molecule has 142 valence electrons. The van der Waals surface area contributed by atoms with E-state index in [4.69, 9.17) is 4.74 Å². The lowest BCUT2D eigenvalue weighted by Crippen LogP contribution is -2.41. The Bertz CT molecular complexity index is 957. The standard InChI is InChI=1S/C25H24O2S/c1-24(2,3)23(26)27-25(17-18-11-5-4-6-12-18)19-13-7-9-15-21(19)28-22-16-10-8-14-20(22)25/h4-16H,17H2,1-3H3. The zero-order chi connectivity index (χ0) is 19.8. The highest BCUT2D eigenvalue weighted by atomic mass is 32.2. The SMILES string of the molecule is CC(C)(C)C(=O)OC1(Cc2ccccc2)c2ccccc2Sc2ccccc21. The first-order valence-electron chi connectivity index (χ1n) is 9.54. The van der Waals surface area contributed by atoms with E-state index in [9.17, 15) is 4.79 Å². The Morgan fingerprint density at radius 1 is 0.821 bits per heavy atom. The summed E-state index contributed by atoms with van der Waals surface area (Å²) in [4.78, 5) is 15.4. The van der Waals surface area contributed by atoms with Gasteiger partial charge in [-0.15, -0.1) is 0 Å². The van der Waals surface area contributed by atoms with Crippen LogP contribution in [0.25, 0.3) is 0 Å². The van der Waals surface area contributed by atoms with Crippen LogP contribution >= 0.6 is 11.8 Å². The van der Waals surface area contributed by atoms with Crippen molar-refractivity contribution in [3.05, 3.63) is 95.6 Å². The van der Waals surface area contributed by atoms with Gasteiger partial charge in [-0.25, -0.2) is 0 Å². The molecule has 1 heterocycles. The molecule has 1 aliphatic heterocycles. The van der Waals surface area contributed by atoms with E-state index in [1.165, 1.54) is 0 Å². The lowest BCUT2D eigenvalue weighted by atomic mass is 9.80. The van der Waals surface area contributed by atoms with Crippen LogP contribution < -0.4 is 0 Å². The number of esters is 1. The second kappa shape index (κ2) is 7.14. The summed E-state index contributed by atoms with van der Waals surface area (Å²) in [5.41, 5.74) is 1.82. The largest absolute Gasteiger partial charge is 0.448 e. The quantitative estimate of drug-likeness (QED) is 0.498. The monoisotopic (exact) mass is 388 g/mol. The molecule has 0 unspecified atom stereocenters. The fourth-order valence-corrected chi connectivity index (χ4v) is 4.79. The van der Waals surface area contributed by atoms with Gasteiger partial charge in [0, 0.05) is 27.3 Å². The third-order valence-corrected chi connectivity index (χ3v) is 6.19. The highest BCUT2D eigenvalue weighted by molar-refractivity contribution is 7.99. The number of carbonyl (C=O) groups excluding carboxylic acids is 1. The van der Waals surface area contributed by atoms with E-state index in [0.29, 0.717) is 6.42 Å². The third kappa shape index (κ3) is 3.35. The molecule has 0 N–H and O–H groups in total. The van der Waals surface area contributed by atoms with E-state index in [0.717, 1.165) is 26.5 Å². The van der Waals surface area contributed by atoms with Crippen LogP contribution in [0.1, 0.15) is 37.5 Å². The van der Waals surface area contributed by atoms with Crippen LogP contribution in [0.4, 0.5) is 0 Å². The van der Waals surface area contributed by atoms with E-state index in [1.807, 2.05) is 63.2 Å². The van der Waals surface area contributed by atoms with Crippen molar-refractivity contribution in [1.82, 2.24) is 0 Å². The summed E-state index contributed by atoms with van der Waals surface area (Å²) in [6.45, 7) is 5.71. The van der Waals surface area contributed by atoms with E-state index < -0.39 is 11.0 Å². The van der Waals surface area contributed by atoms with Crippen molar-refractivity contribution in [2.75, 3.05) is 0 Å². The van der Waals surface area contributed by atoms with Gasteiger partial charge in [0.15, 0.2) is 5.60 Å². The van der Waals surface area contributed by atoms with Crippen molar-refractivity contribution in [2.24, 2.45) is 5.41 Å². The minimum atomic E-state index is -0.843. The molecule has 3 aromatic carbocycles. The molecule has 0 spiro atoms. The zero-order valence-electron chi connectivity index (χ0n) is 16.4. The molecule has 0 radical (unpaired) electrons. The Labute approximate surface area is 170 Å². The van der Waals surface area contributed by atoms with E-state index in [1.54, 1.807) is 11.8 Å². The molecule has 1 aliphatic rings. The van der Waals surface area contributed by atoms with Crippen molar-refractivity contribution in [3.8, 4) is 0 Å². The van der Waals surface area contributed by atoms with Gasteiger partial charge in [0.05, 0.1) is 5.41 Å². The van der Waals surface area contributed by atoms with Gasteiger partial charge in [0.25, 0.3) is 0 Å². The van der Waals surface area contributed by atoms with Crippen LogP contribution in [-0.4, -0.2) is 5.97 Å². The molecule has 0 aliphatic carbocycles. The molecule has 0 aromatic heterocycles. The maximum absolute atomic E-state index is 13.1. The first-order valence-corrected chi connectivity index (χ1v) is 10.4. The van der Waals surface area contributed by atoms with Crippen LogP contribution in [0.5, 0.6) is 0 Å². The minimum Gasteiger partial charge on any atom is -0.448 e. The Morgan fingerprint density at radius 3 is 1.86 bits per heavy atom. The van der Waals surface area contributed by atoms with Crippen LogP contribution in [0.2, 0.25) is 0 Å². The molecular formula is C25H24O2S. The summed E-state index contributed by atoms with van der Waals surface area (Å²) >= 11 is 1.74. The number of fused-ring (bicyclic) bond motifs is 2. The van der Waals surface area contributed by atoms with Gasteiger partial charge in [-0.2, -0.15) is 0 Å². The molecule has 0 bridgehead atoms.